The maximum atomic E-state index is 13.4. The Hall–Kier alpha value is -1.53. The van der Waals surface area contributed by atoms with E-state index in [0.717, 1.165) is 31.5 Å². The van der Waals surface area contributed by atoms with E-state index >= 15 is 0 Å². The van der Waals surface area contributed by atoms with Crippen molar-refractivity contribution < 1.29 is 9.18 Å². The number of carbonyl (C=O) groups excluding carboxylic acids is 1. The van der Waals surface area contributed by atoms with Gasteiger partial charge in [0.25, 0.3) is 0 Å². The van der Waals surface area contributed by atoms with Gasteiger partial charge in [0, 0.05) is 18.0 Å². The average Bonchev–Trinajstić information content (AvgIpc) is 2.39. The van der Waals surface area contributed by atoms with Gasteiger partial charge < -0.3 is 11.5 Å². The van der Waals surface area contributed by atoms with Crippen LogP contribution in [0.5, 0.6) is 0 Å². The van der Waals surface area contributed by atoms with Gasteiger partial charge in [-0.1, -0.05) is 12.2 Å². The van der Waals surface area contributed by atoms with Crippen LogP contribution < -0.4 is 11.5 Å². The predicted molar refractivity (Wildman–Crippen MR) is 79.5 cm³/mol. The number of piperidine rings is 1. The molecule has 0 spiro atoms. The lowest BCUT2D eigenvalue weighted by Gasteiger charge is -2.30. The molecule has 20 heavy (non-hydrogen) atoms. The maximum absolute atomic E-state index is 13.4. The Kier molecular flexibility index (Phi) is 4.67. The molecule has 1 amide bonds. The number of benzene rings is 1. The van der Waals surface area contributed by atoms with Gasteiger partial charge in [0.2, 0.25) is 5.91 Å². The van der Waals surface area contributed by atoms with Gasteiger partial charge in [0.05, 0.1) is 0 Å². The topological polar surface area (TPSA) is 72.4 Å². The first-order chi connectivity index (χ1) is 9.47. The molecule has 1 aromatic carbocycles. The zero-order valence-electron chi connectivity index (χ0n) is 11.1. The largest absolute Gasteiger partial charge is 0.389 e. The van der Waals surface area contributed by atoms with Gasteiger partial charge in [0.1, 0.15) is 10.8 Å². The van der Waals surface area contributed by atoms with E-state index in [-0.39, 0.29) is 22.6 Å². The summed E-state index contributed by atoms with van der Waals surface area (Å²) in [6.45, 7) is 2.11. The summed E-state index contributed by atoms with van der Waals surface area (Å²) < 4.78 is 13.4. The Morgan fingerprint density at radius 1 is 1.35 bits per heavy atom. The van der Waals surface area contributed by atoms with E-state index in [2.05, 4.69) is 4.90 Å². The summed E-state index contributed by atoms with van der Waals surface area (Å²) in [6.07, 6.45) is 1.49. The van der Waals surface area contributed by atoms with Crippen molar-refractivity contribution in [3.8, 4) is 0 Å². The van der Waals surface area contributed by atoms with Crippen molar-refractivity contribution in [3.05, 3.63) is 35.1 Å². The van der Waals surface area contributed by atoms with E-state index in [1.807, 2.05) is 0 Å². The standard InChI is InChI=1S/C14H18FN3OS/c15-11-1-2-12(14(17)20)10(7-11)8-18-5-3-9(4-6-18)13(16)19/h1-2,7,9H,3-6,8H2,(H2,16,19)(H2,17,20). The summed E-state index contributed by atoms with van der Waals surface area (Å²) in [6, 6.07) is 4.44. The van der Waals surface area contributed by atoms with Crippen molar-refractivity contribution in [2.24, 2.45) is 17.4 Å². The summed E-state index contributed by atoms with van der Waals surface area (Å²) in [5.74, 6) is -0.583. The molecule has 1 fully saturated rings. The number of rotatable bonds is 4. The quantitative estimate of drug-likeness (QED) is 0.818. The number of hydrogen-bond donors (Lipinski definition) is 2. The van der Waals surface area contributed by atoms with Crippen molar-refractivity contribution in [1.82, 2.24) is 4.90 Å². The average molecular weight is 295 g/mol. The second kappa shape index (κ2) is 6.28. The molecule has 1 saturated heterocycles. The number of likely N-dealkylation sites (tertiary alicyclic amines) is 1. The summed E-state index contributed by atoms with van der Waals surface area (Å²) >= 11 is 4.99. The van der Waals surface area contributed by atoms with Crippen LogP contribution in [0.3, 0.4) is 0 Å². The fraction of sp³-hybridized carbons (Fsp3) is 0.429. The molecule has 0 radical (unpaired) electrons. The number of hydrogen-bond acceptors (Lipinski definition) is 3. The lowest BCUT2D eigenvalue weighted by atomic mass is 9.95. The highest BCUT2D eigenvalue weighted by Gasteiger charge is 2.23. The lowest BCUT2D eigenvalue weighted by molar-refractivity contribution is -0.123. The van der Waals surface area contributed by atoms with Crippen LogP contribution in [-0.2, 0) is 11.3 Å². The van der Waals surface area contributed by atoms with E-state index in [4.69, 9.17) is 23.7 Å². The summed E-state index contributed by atoms with van der Waals surface area (Å²) in [5.41, 5.74) is 12.5. The Morgan fingerprint density at radius 3 is 2.55 bits per heavy atom. The second-order valence-corrected chi connectivity index (χ2v) is 5.56. The van der Waals surface area contributed by atoms with E-state index < -0.39 is 0 Å². The molecule has 6 heteroatoms. The van der Waals surface area contributed by atoms with Gasteiger partial charge >= 0.3 is 0 Å². The third kappa shape index (κ3) is 3.52. The van der Waals surface area contributed by atoms with Crippen LogP contribution in [-0.4, -0.2) is 28.9 Å². The molecule has 0 atom stereocenters. The molecule has 108 valence electrons. The molecular weight excluding hydrogens is 277 g/mol. The van der Waals surface area contributed by atoms with Crippen molar-refractivity contribution >= 4 is 23.1 Å². The summed E-state index contributed by atoms with van der Waals surface area (Å²) in [5, 5.41) is 0. The molecule has 2 rings (SSSR count). The van der Waals surface area contributed by atoms with E-state index in [9.17, 15) is 9.18 Å². The van der Waals surface area contributed by atoms with Crippen LogP contribution >= 0.6 is 12.2 Å². The number of primary amides is 1. The summed E-state index contributed by atoms with van der Waals surface area (Å²) in [7, 11) is 0. The molecule has 1 aliphatic rings. The third-order valence-electron chi connectivity index (χ3n) is 3.72. The first-order valence-electron chi connectivity index (χ1n) is 6.57. The van der Waals surface area contributed by atoms with Crippen molar-refractivity contribution in [2.45, 2.75) is 19.4 Å². The fourth-order valence-electron chi connectivity index (χ4n) is 2.55. The smallest absolute Gasteiger partial charge is 0.220 e. The van der Waals surface area contributed by atoms with Crippen LogP contribution in [0, 0.1) is 11.7 Å². The molecule has 0 saturated carbocycles. The maximum Gasteiger partial charge on any atom is 0.220 e. The van der Waals surface area contributed by atoms with Gasteiger partial charge in [-0.15, -0.1) is 0 Å². The van der Waals surface area contributed by atoms with Gasteiger partial charge in [-0.3, -0.25) is 9.69 Å². The van der Waals surface area contributed by atoms with Crippen LogP contribution in [0.1, 0.15) is 24.0 Å². The zero-order valence-corrected chi connectivity index (χ0v) is 12.0. The molecule has 4 nitrogen and oxygen atoms in total. The van der Waals surface area contributed by atoms with Crippen molar-refractivity contribution in [2.75, 3.05) is 13.1 Å². The molecule has 0 unspecified atom stereocenters. The van der Waals surface area contributed by atoms with Gasteiger partial charge in [0.15, 0.2) is 0 Å². The van der Waals surface area contributed by atoms with Crippen LogP contribution in [0.25, 0.3) is 0 Å². The highest BCUT2D eigenvalue weighted by molar-refractivity contribution is 7.80. The number of carbonyl (C=O) groups is 1. The van der Waals surface area contributed by atoms with Gasteiger partial charge in [-0.2, -0.15) is 0 Å². The number of thiocarbonyl (C=S) groups is 1. The van der Waals surface area contributed by atoms with E-state index in [0.29, 0.717) is 12.1 Å². The minimum atomic E-state index is -0.299. The third-order valence-corrected chi connectivity index (χ3v) is 3.94. The fourth-order valence-corrected chi connectivity index (χ4v) is 2.75. The Labute approximate surface area is 122 Å². The Morgan fingerprint density at radius 2 is 2.00 bits per heavy atom. The Balaban J connectivity index is 2.06. The normalized spacial score (nSPS) is 17.1. The molecule has 0 aliphatic carbocycles. The molecule has 1 heterocycles. The monoisotopic (exact) mass is 295 g/mol. The SMILES string of the molecule is NC(=O)C1CCN(Cc2cc(F)ccc2C(N)=S)CC1. The minimum Gasteiger partial charge on any atom is -0.389 e. The van der Waals surface area contributed by atoms with Crippen molar-refractivity contribution in [1.29, 1.82) is 0 Å². The molecule has 0 aromatic heterocycles. The number of nitrogens with zero attached hydrogens (tertiary/aromatic N) is 1. The van der Waals surface area contributed by atoms with E-state index in [1.54, 1.807) is 6.07 Å². The number of nitrogens with two attached hydrogens (primary N) is 2. The highest BCUT2D eigenvalue weighted by atomic mass is 32.1. The molecule has 1 aliphatic heterocycles. The van der Waals surface area contributed by atoms with Gasteiger partial charge in [-0.05, 0) is 49.7 Å². The van der Waals surface area contributed by atoms with Gasteiger partial charge in [-0.25, -0.2) is 4.39 Å². The molecule has 0 bridgehead atoms. The first kappa shape index (κ1) is 14.9. The van der Waals surface area contributed by atoms with E-state index in [1.165, 1.54) is 12.1 Å². The van der Waals surface area contributed by atoms with Crippen molar-refractivity contribution in [3.63, 3.8) is 0 Å². The number of halogens is 1. The lowest BCUT2D eigenvalue weighted by Crippen LogP contribution is -2.38. The minimum absolute atomic E-state index is 0.0474. The highest BCUT2D eigenvalue weighted by Crippen LogP contribution is 2.20. The van der Waals surface area contributed by atoms with Crippen LogP contribution in [0.4, 0.5) is 4.39 Å². The Bertz CT molecular complexity index is 527. The zero-order chi connectivity index (χ0) is 14.7. The predicted octanol–water partition coefficient (Wildman–Crippen LogP) is 1.16. The molecule has 4 N–H and O–H groups in total. The molecule has 1 aromatic rings. The molecular formula is C14H18FN3OS. The summed E-state index contributed by atoms with van der Waals surface area (Å²) in [4.78, 5) is 13.6. The van der Waals surface area contributed by atoms with Crippen LogP contribution in [0.2, 0.25) is 0 Å². The van der Waals surface area contributed by atoms with Crippen LogP contribution in [0.15, 0.2) is 18.2 Å². The second-order valence-electron chi connectivity index (χ2n) is 5.12. The first-order valence-corrected chi connectivity index (χ1v) is 6.98. The number of amides is 1.